The SMILES string of the molecule is CC1CN(c2ccc(-c3c(F)cc(N4CC(C)N(C)C(C)C4)c(NC(=O)c4c[nH]c(=O)cc4C(F)(F)F)c3F)cn2)CC(C)O1. The molecule has 14 heteroatoms. The molecule has 0 radical (unpaired) electrons. The molecule has 4 atom stereocenters. The maximum atomic E-state index is 16.5. The van der Waals surface area contributed by atoms with Gasteiger partial charge in [0.25, 0.3) is 5.91 Å². The molecule has 9 nitrogen and oxygen atoms in total. The van der Waals surface area contributed by atoms with Crippen molar-refractivity contribution in [1.82, 2.24) is 14.9 Å². The van der Waals surface area contributed by atoms with Crippen LogP contribution in [0.2, 0.25) is 0 Å². The third-order valence-corrected chi connectivity index (χ3v) is 8.39. The predicted octanol–water partition coefficient (Wildman–Crippen LogP) is 5.13. The Bertz CT molecular complexity index is 1610. The van der Waals surface area contributed by atoms with Gasteiger partial charge in [-0.15, -0.1) is 0 Å². The molecule has 3 aromatic rings. The number of hydrogen-bond acceptors (Lipinski definition) is 7. The van der Waals surface area contributed by atoms with Gasteiger partial charge < -0.3 is 24.8 Å². The number of H-pyrrole nitrogens is 1. The fraction of sp³-hybridized carbons (Fsp3) is 0.452. The second kappa shape index (κ2) is 12.4. The molecule has 2 fully saturated rings. The van der Waals surface area contributed by atoms with Crippen molar-refractivity contribution >= 4 is 23.1 Å². The van der Waals surface area contributed by atoms with E-state index in [2.05, 4.69) is 20.2 Å². The first-order valence-corrected chi connectivity index (χ1v) is 14.6. The van der Waals surface area contributed by atoms with E-state index < -0.39 is 51.7 Å². The van der Waals surface area contributed by atoms with Crippen LogP contribution >= 0.6 is 0 Å². The van der Waals surface area contributed by atoms with E-state index in [1.54, 1.807) is 11.0 Å². The molecular formula is C31H35F5N6O3. The minimum atomic E-state index is -5.04. The summed E-state index contributed by atoms with van der Waals surface area (Å²) in [4.78, 5) is 37.3. The molecule has 5 rings (SSSR count). The fourth-order valence-corrected chi connectivity index (χ4v) is 6.00. The lowest BCUT2D eigenvalue weighted by atomic mass is 10.0. The molecule has 0 spiro atoms. The third-order valence-electron chi connectivity index (χ3n) is 8.39. The zero-order valence-electron chi connectivity index (χ0n) is 25.5. The van der Waals surface area contributed by atoms with E-state index in [4.69, 9.17) is 4.74 Å². The van der Waals surface area contributed by atoms with Crippen molar-refractivity contribution in [2.75, 3.05) is 48.3 Å². The number of aromatic amines is 1. The summed E-state index contributed by atoms with van der Waals surface area (Å²) in [5.74, 6) is -2.83. The number of benzene rings is 1. The number of aromatic nitrogens is 2. The van der Waals surface area contributed by atoms with Crippen LogP contribution in [-0.4, -0.2) is 78.3 Å². The van der Waals surface area contributed by atoms with E-state index in [0.717, 1.165) is 6.07 Å². The Morgan fingerprint density at radius 1 is 1.00 bits per heavy atom. The van der Waals surface area contributed by atoms with Crippen molar-refractivity contribution < 1.29 is 31.5 Å². The quantitative estimate of drug-likeness (QED) is 0.376. The van der Waals surface area contributed by atoms with Crippen LogP contribution in [0, 0.1) is 11.6 Å². The fourth-order valence-electron chi connectivity index (χ4n) is 6.00. The number of alkyl halides is 3. The number of likely N-dealkylation sites (N-methyl/N-ethyl adjacent to an activating group) is 1. The average Bonchev–Trinajstić information content (AvgIpc) is 2.96. The zero-order valence-corrected chi connectivity index (χ0v) is 25.5. The second-order valence-corrected chi connectivity index (χ2v) is 11.9. The van der Waals surface area contributed by atoms with Crippen LogP contribution in [0.25, 0.3) is 11.1 Å². The summed E-state index contributed by atoms with van der Waals surface area (Å²) >= 11 is 0. The topological polar surface area (TPSA) is 93.8 Å². The Morgan fingerprint density at radius 2 is 1.64 bits per heavy atom. The van der Waals surface area contributed by atoms with Gasteiger partial charge in [0.05, 0.1) is 34.6 Å². The summed E-state index contributed by atoms with van der Waals surface area (Å²) in [7, 11) is 1.92. The molecule has 0 aliphatic carbocycles. The molecule has 0 saturated carbocycles. The van der Waals surface area contributed by atoms with Gasteiger partial charge in [0.15, 0.2) is 5.82 Å². The molecule has 0 bridgehead atoms. The highest BCUT2D eigenvalue weighted by Crippen LogP contribution is 2.40. The summed E-state index contributed by atoms with van der Waals surface area (Å²) in [6.45, 7) is 9.56. The number of piperazine rings is 1. The molecule has 1 amide bonds. The number of hydrogen-bond donors (Lipinski definition) is 2. The van der Waals surface area contributed by atoms with Crippen LogP contribution in [0.1, 0.15) is 43.6 Å². The summed E-state index contributed by atoms with van der Waals surface area (Å²) in [6, 6.07) is 4.39. The zero-order chi connectivity index (χ0) is 32.8. The molecule has 2 N–H and O–H groups in total. The molecule has 1 aromatic carbocycles. The standard InChI is InChI=1S/C31H35F5N6O3/c1-16-12-41(13-17(2)40(16)5)24-9-23(32)27(20-6-7-25(37-10-20)42-14-18(3)45-19(4)15-42)28(33)29(24)39-30(44)21-11-38-26(43)8-22(21)31(34,35)36/h6-11,16-19H,12-15H2,1-5H3,(H,38,43)(H,39,44). The van der Waals surface area contributed by atoms with Crippen LogP contribution in [0.5, 0.6) is 0 Å². The summed E-state index contributed by atoms with van der Waals surface area (Å²) < 4.78 is 79.4. The molecule has 4 heterocycles. The van der Waals surface area contributed by atoms with Gasteiger partial charge in [0.2, 0.25) is 5.56 Å². The van der Waals surface area contributed by atoms with Crippen LogP contribution in [0.3, 0.4) is 0 Å². The number of carbonyl (C=O) groups excluding carboxylic acids is 1. The van der Waals surface area contributed by atoms with E-state index in [1.807, 2.05) is 39.6 Å². The maximum Gasteiger partial charge on any atom is 0.417 e. The van der Waals surface area contributed by atoms with Crippen LogP contribution < -0.4 is 20.7 Å². The highest BCUT2D eigenvalue weighted by molar-refractivity contribution is 6.07. The van der Waals surface area contributed by atoms with Crippen molar-refractivity contribution in [2.45, 2.75) is 58.2 Å². The highest BCUT2D eigenvalue weighted by atomic mass is 19.4. The normalized spacial score (nSPS) is 22.9. The second-order valence-electron chi connectivity index (χ2n) is 11.9. The number of ether oxygens (including phenoxy) is 1. The van der Waals surface area contributed by atoms with Crippen molar-refractivity contribution in [3.63, 3.8) is 0 Å². The lowest BCUT2D eigenvalue weighted by Crippen LogP contribution is -2.55. The Balaban J connectivity index is 1.58. The van der Waals surface area contributed by atoms with Crippen LogP contribution in [-0.2, 0) is 10.9 Å². The first-order valence-electron chi connectivity index (χ1n) is 14.6. The number of nitrogens with zero attached hydrogens (tertiary/aromatic N) is 4. The largest absolute Gasteiger partial charge is 0.417 e. The van der Waals surface area contributed by atoms with Crippen molar-refractivity contribution in [3.8, 4) is 11.1 Å². The van der Waals surface area contributed by atoms with Gasteiger partial charge in [-0.3, -0.25) is 14.5 Å². The van der Waals surface area contributed by atoms with E-state index in [0.29, 0.717) is 38.2 Å². The summed E-state index contributed by atoms with van der Waals surface area (Å²) in [5, 5.41) is 2.27. The molecule has 2 aliphatic rings. The van der Waals surface area contributed by atoms with Gasteiger partial charge in [-0.25, -0.2) is 13.8 Å². The van der Waals surface area contributed by atoms with Gasteiger partial charge in [-0.2, -0.15) is 13.2 Å². The first kappa shape index (κ1) is 32.4. The molecule has 2 aliphatic heterocycles. The molecule has 2 aromatic heterocycles. The van der Waals surface area contributed by atoms with Crippen LogP contribution in [0.15, 0.2) is 41.5 Å². The van der Waals surface area contributed by atoms with Gasteiger partial charge in [0.1, 0.15) is 17.3 Å². The maximum absolute atomic E-state index is 16.5. The number of nitrogens with one attached hydrogen (secondary N) is 2. The summed E-state index contributed by atoms with van der Waals surface area (Å²) in [5.41, 5.74) is -4.39. The number of carbonyl (C=O) groups is 1. The Hall–Kier alpha value is -4.04. The average molecular weight is 635 g/mol. The van der Waals surface area contributed by atoms with E-state index in [1.165, 1.54) is 12.3 Å². The van der Waals surface area contributed by atoms with Crippen molar-refractivity contribution in [3.05, 3.63) is 69.8 Å². The van der Waals surface area contributed by atoms with E-state index >= 15 is 8.78 Å². The minimum Gasteiger partial charge on any atom is -0.372 e. The van der Waals surface area contributed by atoms with Gasteiger partial charge >= 0.3 is 6.18 Å². The molecular weight excluding hydrogens is 599 g/mol. The van der Waals surface area contributed by atoms with Crippen molar-refractivity contribution in [1.29, 1.82) is 0 Å². The number of rotatable bonds is 5. The third kappa shape index (κ3) is 6.66. The Morgan fingerprint density at radius 3 is 2.22 bits per heavy atom. The van der Waals surface area contributed by atoms with Gasteiger partial charge in [0, 0.05) is 68.4 Å². The monoisotopic (exact) mass is 634 g/mol. The minimum absolute atomic E-state index is 0.0206. The van der Waals surface area contributed by atoms with Gasteiger partial charge in [-0.05, 0) is 46.9 Å². The van der Waals surface area contributed by atoms with Gasteiger partial charge in [-0.1, -0.05) is 0 Å². The smallest absolute Gasteiger partial charge is 0.372 e. The lowest BCUT2D eigenvalue weighted by molar-refractivity contribution is -0.138. The van der Waals surface area contributed by atoms with E-state index in [-0.39, 0.29) is 41.6 Å². The Kier molecular flexibility index (Phi) is 8.91. The molecule has 2 saturated heterocycles. The molecule has 45 heavy (non-hydrogen) atoms. The number of pyridine rings is 2. The molecule has 242 valence electrons. The number of amides is 1. The number of morpholine rings is 1. The Labute approximate surface area is 257 Å². The lowest BCUT2D eigenvalue weighted by Gasteiger charge is -2.44. The predicted molar refractivity (Wildman–Crippen MR) is 161 cm³/mol. The summed E-state index contributed by atoms with van der Waals surface area (Å²) in [6.07, 6.45) is -3.18. The highest BCUT2D eigenvalue weighted by Gasteiger charge is 2.37. The number of halogens is 5. The van der Waals surface area contributed by atoms with Crippen molar-refractivity contribution in [2.24, 2.45) is 0 Å². The first-order chi connectivity index (χ1) is 21.1. The van der Waals surface area contributed by atoms with E-state index in [9.17, 15) is 22.8 Å². The molecule has 4 unspecified atom stereocenters. The number of anilines is 3. The van der Waals surface area contributed by atoms with Crippen LogP contribution in [0.4, 0.5) is 39.1 Å².